The number of furan rings is 1. The van der Waals surface area contributed by atoms with Crippen molar-refractivity contribution in [3.63, 3.8) is 0 Å². The van der Waals surface area contributed by atoms with Crippen molar-refractivity contribution >= 4 is 21.9 Å². The largest absolute Gasteiger partial charge is 0.456 e. The summed E-state index contributed by atoms with van der Waals surface area (Å²) in [6, 6.07) is 12.5. The van der Waals surface area contributed by atoms with E-state index in [-0.39, 0.29) is 0 Å². The van der Waals surface area contributed by atoms with E-state index in [2.05, 4.69) is 32.0 Å². The molecule has 0 aliphatic carbocycles. The zero-order valence-corrected chi connectivity index (χ0v) is 12.9. The summed E-state index contributed by atoms with van der Waals surface area (Å²) >= 11 is 0. The summed E-state index contributed by atoms with van der Waals surface area (Å²) in [4.78, 5) is 0. The molecule has 19 heavy (non-hydrogen) atoms. The number of hydrogen-bond donors (Lipinski definition) is 0. The lowest BCUT2D eigenvalue weighted by Gasteiger charge is -1.95. The Hall–Kier alpha value is -1.76. The van der Waals surface area contributed by atoms with E-state index in [0.717, 1.165) is 11.2 Å². The van der Waals surface area contributed by atoms with Crippen LogP contribution in [0.3, 0.4) is 0 Å². The second-order valence-electron chi connectivity index (χ2n) is 4.05. The highest BCUT2D eigenvalue weighted by Crippen LogP contribution is 2.31. The van der Waals surface area contributed by atoms with Crippen LogP contribution >= 0.6 is 0 Å². The van der Waals surface area contributed by atoms with Crippen molar-refractivity contribution < 1.29 is 4.42 Å². The average molecular weight is 256 g/mol. The van der Waals surface area contributed by atoms with Crippen LogP contribution in [0, 0.1) is 13.8 Å². The number of benzene rings is 2. The first-order valence-corrected chi connectivity index (χ1v) is 7.14. The van der Waals surface area contributed by atoms with E-state index in [4.69, 9.17) is 4.42 Å². The summed E-state index contributed by atoms with van der Waals surface area (Å²) in [6.07, 6.45) is 0. The summed E-state index contributed by atoms with van der Waals surface area (Å²) in [7, 11) is 0. The molecular formula is C18H24O. The first-order chi connectivity index (χ1) is 9.25. The second-order valence-corrected chi connectivity index (χ2v) is 4.05. The second kappa shape index (κ2) is 6.98. The molecule has 102 valence electrons. The van der Waals surface area contributed by atoms with Crippen LogP contribution in [0.2, 0.25) is 0 Å². The van der Waals surface area contributed by atoms with Crippen LogP contribution in [0.25, 0.3) is 21.9 Å². The van der Waals surface area contributed by atoms with Crippen LogP contribution in [0.1, 0.15) is 38.8 Å². The molecule has 0 saturated carbocycles. The predicted molar refractivity (Wildman–Crippen MR) is 85.9 cm³/mol. The summed E-state index contributed by atoms with van der Waals surface area (Å²) < 4.78 is 5.79. The molecule has 0 unspecified atom stereocenters. The van der Waals surface area contributed by atoms with Gasteiger partial charge in [0.25, 0.3) is 0 Å². The van der Waals surface area contributed by atoms with Crippen molar-refractivity contribution in [3.05, 3.63) is 47.5 Å². The fourth-order valence-corrected chi connectivity index (χ4v) is 2.12. The highest BCUT2D eigenvalue weighted by molar-refractivity contribution is 6.06. The molecule has 2 aromatic carbocycles. The van der Waals surface area contributed by atoms with E-state index in [1.54, 1.807) is 0 Å². The van der Waals surface area contributed by atoms with Gasteiger partial charge in [0.1, 0.15) is 11.2 Å². The Morgan fingerprint density at radius 1 is 0.789 bits per heavy atom. The molecule has 0 atom stereocenters. The third-order valence-electron chi connectivity index (χ3n) is 2.86. The van der Waals surface area contributed by atoms with Crippen LogP contribution < -0.4 is 0 Å². The molecule has 0 fully saturated rings. The van der Waals surface area contributed by atoms with Crippen LogP contribution in [0.15, 0.2) is 40.8 Å². The van der Waals surface area contributed by atoms with E-state index in [9.17, 15) is 0 Å². The summed E-state index contributed by atoms with van der Waals surface area (Å²) in [5, 5.41) is 2.47. The van der Waals surface area contributed by atoms with Crippen molar-refractivity contribution in [2.45, 2.75) is 41.5 Å². The molecule has 1 heteroatoms. The van der Waals surface area contributed by atoms with Gasteiger partial charge in [0.2, 0.25) is 0 Å². The Bertz CT molecular complexity index is 647. The van der Waals surface area contributed by atoms with Crippen molar-refractivity contribution in [2.75, 3.05) is 0 Å². The first-order valence-electron chi connectivity index (χ1n) is 7.14. The molecule has 0 radical (unpaired) electrons. The highest BCUT2D eigenvalue weighted by atomic mass is 16.3. The Morgan fingerprint density at radius 3 is 2.16 bits per heavy atom. The Morgan fingerprint density at radius 2 is 1.47 bits per heavy atom. The third kappa shape index (κ3) is 2.98. The fraction of sp³-hybridized carbons (Fsp3) is 0.333. The van der Waals surface area contributed by atoms with Crippen LogP contribution in [-0.2, 0) is 0 Å². The van der Waals surface area contributed by atoms with Crippen LogP contribution in [-0.4, -0.2) is 0 Å². The minimum absolute atomic E-state index is 0.977. The molecule has 0 aliphatic rings. The molecule has 0 bridgehead atoms. The topological polar surface area (TPSA) is 13.1 Å². The van der Waals surface area contributed by atoms with Gasteiger partial charge in [-0.05, 0) is 37.6 Å². The molecule has 0 aliphatic heterocycles. The quantitative estimate of drug-likeness (QED) is 0.463. The molecule has 3 rings (SSSR count). The number of rotatable bonds is 0. The van der Waals surface area contributed by atoms with Gasteiger partial charge < -0.3 is 4.42 Å². The Labute approximate surface area is 116 Å². The predicted octanol–water partition coefficient (Wildman–Crippen LogP) is 6.26. The van der Waals surface area contributed by atoms with Gasteiger partial charge in [-0.15, -0.1) is 0 Å². The molecule has 1 aromatic heterocycles. The van der Waals surface area contributed by atoms with E-state index < -0.39 is 0 Å². The van der Waals surface area contributed by atoms with Gasteiger partial charge in [-0.25, -0.2) is 0 Å². The summed E-state index contributed by atoms with van der Waals surface area (Å²) in [6.45, 7) is 12.2. The van der Waals surface area contributed by atoms with E-state index in [0.29, 0.717) is 0 Å². The summed E-state index contributed by atoms with van der Waals surface area (Å²) in [5.41, 5.74) is 4.51. The first kappa shape index (κ1) is 15.3. The maximum atomic E-state index is 5.79. The van der Waals surface area contributed by atoms with Gasteiger partial charge in [0, 0.05) is 10.8 Å². The van der Waals surface area contributed by atoms with Gasteiger partial charge in [-0.3, -0.25) is 0 Å². The van der Waals surface area contributed by atoms with Crippen LogP contribution in [0.5, 0.6) is 0 Å². The average Bonchev–Trinajstić information content (AvgIpc) is 2.82. The lowest BCUT2D eigenvalue weighted by molar-refractivity contribution is 0.668. The van der Waals surface area contributed by atoms with Crippen molar-refractivity contribution in [1.82, 2.24) is 0 Å². The van der Waals surface area contributed by atoms with Gasteiger partial charge in [0.05, 0.1) is 0 Å². The maximum Gasteiger partial charge on any atom is 0.135 e. The van der Waals surface area contributed by atoms with E-state index in [1.807, 2.05) is 45.9 Å². The number of fused-ring (bicyclic) bond motifs is 3. The lowest BCUT2D eigenvalue weighted by Crippen LogP contribution is -1.74. The van der Waals surface area contributed by atoms with Crippen LogP contribution in [0.4, 0.5) is 0 Å². The molecule has 0 amide bonds. The lowest BCUT2D eigenvalue weighted by atomic mass is 10.1. The zero-order valence-electron chi connectivity index (χ0n) is 12.9. The van der Waals surface area contributed by atoms with Gasteiger partial charge >= 0.3 is 0 Å². The van der Waals surface area contributed by atoms with Crippen molar-refractivity contribution in [2.24, 2.45) is 0 Å². The smallest absolute Gasteiger partial charge is 0.135 e. The Balaban J connectivity index is 0.000000415. The molecular weight excluding hydrogens is 232 g/mol. The minimum atomic E-state index is 0.977. The molecule has 0 N–H and O–H groups in total. The highest BCUT2D eigenvalue weighted by Gasteiger charge is 2.07. The molecule has 3 aromatic rings. The Kier molecular flexibility index (Phi) is 5.62. The SMILES string of the molecule is CC.CC.Cc1ccc2oc3cccc(C)c3c2c1. The molecule has 1 heterocycles. The number of hydrogen-bond acceptors (Lipinski definition) is 1. The van der Waals surface area contributed by atoms with Gasteiger partial charge in [-0.2, -0.15) is 0 Å². The normalized spacial score (nSPS) is 9.58. The standard InChI is InChI=1S/C14H12O.2C2H6/c1-9-6-7-12-11(8-9)14-10(2)4-3-5-13(14)15-12;2*1-2/h3-8H,1-2H3;2*1-2H3. The molecule has 1 nitrogen and oxygen atoms in total. The summed E-state index contributed by atoms with van der Waals surface area (Å²) in [5.74, 6) is 0. The van der Waals surface area contributed by atoms with E-state index >= 15 is 0 Å². The fourth-order valence-electron chi connectivity index (χ4n) is 2.12. The molecule has 0 spiro atoms. The van der Waals surface area contributed by atoms with Gasteiger partial charge in [0.15, 0.2) is 0 Å². The van der Waals surface area contributed by atoms with Crippen molar-refractivity contribution in [3.8, 4) is 0 Å². The minimum Gasteiger partial charge on any atom is -0.456 e. The monoisotopic (exact) mass is 256 g/mol. The number of aryl methyl sites for hydroxylation is 2. The van der Waals surface area contributed by atoms with Crippen molar-refractivity contribution in [1.29, 1.82) is 0 Å². The molecule has 0 saturated heterocycles. The maximum absolute atomic E-state index is 5.79. The van der Waals surface area contributed by atoms with E-state index in [1.165, 1.54) is 21.9 Å². The third-order valence-corrected chi connectivity index (χ3v) is 2.86. The zero-order chi connectivity index (χ0) is 14.4. The van der Waals surface area contributed by atoms with Gasteiger partial charge in [-0.1, -0.05) is 51.5 Å².